The summed E-state index contributed by atoms with van der Waals surface area (Å²) in [6, 6.07) is 7.58. The fourth-order valence-corrected chi connectivity index (χ4v) is 2.95. The van der Waals surface area contributed by atoms with E-state index in [0.717, 1.165) is 4.47 Å². The fraction of sp³-hybridized carbons (Fsp3) is 0.308. The summed E-state index contributed by atoms with van der Waals surface area (Å²) in [5.74, 6) is 0. The van der Waals surface area contributed by atoms with Crippen LogP contribution in [0.1, 0.15) is 13.8 Å². The Morgan fingerprint density at radius 1 is 1.58 bits per heavy atom. The number of fused-ring (bicyclic) bond motifs is 1. The van der Waals surface area contributed by atoms with Crippen molar-refractivity contribution < 1.29 is 0 Å². The number of nitrogens with zero attached hydrogens (tertiary/aromatic N) is 3. The van der Waals surface area contributed by atoms with Crippen LogP contribution in [0.5, 0.6) is 0 Å². The second-order valence-corrected chi connectivity index (χ2v) is 6.22. The van der Waals surface area contributed by atoms with Gasteiger partial charge in [0.2, 0.25) is 0 Å². The average Bonchev–Trinajstić information content (AvgIpc) is 2.40. The Bertz CT molecular complexity index is 720. The van der Waals surface area contributed by atoms with Crippen molar-refractivity contribution in [2.45, 2.75) is 30.8 Å². The normalized spacial score (nSPS) is 12.3. The molecule has 0 N–H and O–H groups in total. The lowest BCUT2D eigenvalue weighted by Gasteiger charge is -2.11. The Kier molecular flexibility index (Phi) is 4.27. The minimum absolute atomic E-state index is 0.0681. The van der Waals surface area contributed by atoms with Gasteiger partial charge in [0.1, 0.15) is 0 Å². The third-order valence-electron chi connectivity index (χ3n) is 2.66. The van der Waals surface area contributed by atoms with Gasteiger partial charge in [0.15, 0.2) is 5.16 Å². The van der Waals surface area contributed by atoms with Crippen molar-refractivity contribution in [3.8, 4) is 6.07 Å². The summed E-state index contributed by atoms with van der Waals surface area (Å²) >= 11 is 4.67. The van der Waals surface area contributed by atoms with Crippen molar-refractivity contribution >= 4 is 38.6 Å². The lowest BCUT2D eigenvalue weighted by Crippen LogP contribution is -2.23. The van der Waals surface area contributed by atoms with E-state index >= 15 is 0 Å². The molecule has 0 aliphatic carbocycles. The quantitative estimate of drug-likeness (QED) is 0.637. The molecule has 0 amide bonds. The fourth-order valence-electron chi connectivity index (χ4n) is 1.73. The standard InChI is InChI=1S/C13H12BrN3OS/c1-3-17-12(18)10-6-9(14)4-5-11(10)16-13(17)19-8(2)7-15/h4-6,8H,3H2,1-2H3. The number of rotatable bonds is 3. The minimum atomic E-state index is -0.238. The maximum Gasteiger partial charge on any atom is 0.262 e. The van der Waals surface area contributed by atoms with Crippen LogP contribution in [0.25, 0.3) is 10.9 Å². The van der Waals surface area contributed by atoms with Crippen LogP contribution in [-0.4, -0.2) is 14.8 Å². The number of hydrogen-bond donors (Lipinski definition) is 0. The zero-order chi connectivity index (χ0) is 14.0. The van der Waals surface area contributed by atoms with E-state index in [1.165, 1.54) is 11.8 Å². The number of hydrogen-bond acceptors (Lipinski definition) is 4. The van der Waals surface area contributed by atoms with Crippen LogP contribution in [0.15, 0.2) is 32.6 Å². The second kappa shape index (κ2) is 5.76. The highest BCUT2D eigenvalue weighted by Crippen LogP contribution is 2.23. The molecule has 2 rings (SSSR count). The predicted molar refractivity (Wildman–Crippen MR) is 80.3 cm³/mol. The van der Waals surface area contributed by atoms with Crippen molar-refractivity contribution in [1.82, 2.24) is 9.55 Å². The van der Waals surface area contributed by atoms with Gasteiger partial charge in [-0.05, 0) is 32.0 Å². The lowest BCUT2D eigenvalue weighted by atomic mass is 10.2. The molecule has 0 aliphatic rings. The number of halogens is 1. The third-order valence-corrected chi connectivity index (χ3v) is 4.14. The number of benzene rings is 1. The van der Waals surface area contributed by atoms with Crippen LogP contribution in [0, 0.1) is 11.3 Å². The van der Waals surface area contributed by atoms with Gasteiger partial charge in [0.05, 0.1) is 22.2 Å². The zero-order valence-electron chi connectivity index (χ0n) is 10.6. The highest BCUT2D eigenvalue weighted by molar-refractivity contribution is 9.10. The van der Waals surface area contributed by atoms with Crippen LogP contribution in [0.3, 0.4) is 0 Å². The summed E-state index contributed by atoms with van der Waals surface area (Å²) in [4.78, 5) is 16.9. The Labute approximate surface area is 123 Å². The van der Waals surface area contributed by atoms with E-state index in [0.29, 0.717) is 22.6 Å². The van der Waals surface area contributed by atoms with Crippen LogP contribution in [0.4, 0.5) is 0 Å². The third kappa shape index (κ3) is 2.82. The molecule has 2 aromatic rings. The van der Waals surface area contributed by atoms with Crippen LogP contribution < -0.4 is 5.56 Å². The number of thioether (sulfide) groups is 1. The molecule has 6 heteroatoms. The first-order valence-corrected chi connectivity index (χ1v) is 7.50. The molecule has 0 aliphatic heterocycles. The van der Waals surface area contributed by atoms with E-state index in [1.807, 2.05) is 19.1 Å². The minimum Gasteiger partial charge on any atom is -0.287 e. The molecule has 1 unspecified atom stereocenters. The first-order chi connectivity index (χ1) is 9.06. The molecule has 0 spiro atoms. The van der Waals surface area contributed by atoms with Crippen molar-refractivity contribution in [3.05, 3.63) is 33.0 Å². The van der Waals surface area contributed by atoms with E-state index in [-0.39, 0.29) is 10.8 Å². The first-order valence-electron chi connectivity index (χ1n) is 5.83. The van der Waals surface area contributed by atoms with Crippen LogP contribution in [-0.2, 0) is 6.54 Å². The molecular weight excluding hydrogens is 326 g/mol. The maximum absolute atomic E-state index is 12.4. The van der Waals surface area contributed by atoms with E-state index in [1.54, 1.807) is 17.6 Å². The van der Waals surface area contributed by atoms with Gasteiger partial charge in [-0.1, -0.05) is 27.7 Å². The molecule has 1 atom stereocenters. The van der Waals surface area contributed by atoms with Gasteiger partial charge in [-0.25, -0.2) is 4.98 Å². The topological polar surface area (TPSA) is 58.7 Å². The molecular formula is C13H12BrN3OS. The van der Waals surface area contributed by atoms with Crippen LogP contribution in [0.2, 0.25) is 0 Å². The summed E-state index contributed by atoms with van der Waals surface area (Å²) in [6.07, 6.45) is 0. The average molecular weight is 338 g/mol. The van der Waals surface area contributed by atoms with Gasteiger partial charge in [-0.2, -0.15) is 5.26 Å². The molecule has 0 fully saturated rings. The monoisotopic (exact) mass is 337 g/mol. The second-order valence-electron chi connectivity index (χ2n) is 3.99. The largest absolute Gasteiger partial charge is 0.287 e. The van der Waals surface area contributed by atoms with Crippen molar-refractivity contribution in [2.24, 2.45) is 0 Å². The lowest BCUT2D eigenvalue weighted by molar-refractivity contribution is 0.634. The summed E-state index contributed by atoms with van der Waals surface area (Å²) in [7, 11) is 0. The SMILES string of the molecule is CCn1c(SC(C)C#N)nc2ccc(Br)cc2c1=O. The molecule has 1 aromatic carbocycles. The number of nitriles is 1. The molecule has 19 heavy (non-hydrogen) atoms. The molecule has 0 saturated carbocycles. The van der Waals surface area contributed by atoms with Crippen LogP contribution >= 0.6 is 27.7 Å². The molecule has 0 saturated heterocycles. The Morgan fingerprint density at radius 3 is 2.95 bits per heavy atom. The molecule has 98 valence electrons. The van der Waals surface area contributed by atoms with Gasteiger partial charge in [0.25, 0.3) is 5.56 Å². The van der Waals surface area contributed by atoms with Crippen molar-refractivity contribution in [3.63, 3.8) is 0 Å². The van der Waals surface area contributed by atoms with Crippen molar-refractivity contribution in [1.29, 1.82) is 5.26 Å². The Balaban J connectivity index is 2.69. The molecule has 1 aromatic heterocycles. The van der Waals surface area contributed by atoms with Crippen molar-refractivity contribution in [2.75, 3.05) is 0 Å². The maximum atomic E-state index is 12.4. The molecule has 1 heterocycles. The molecule has 0 bridgehead atoms. The van der Waals surface area contributed by atoms with Gasteiger partial charge < -0.3 is 0 Å². The summed E-state index contributed by atoms with van der Waals surface area (Å²) in [5, 5.41) is 9.83. The zero-order valence-corrected chi connectivity index (χ0v) is 13.0. The highest BCUT2D eigenvalue weighted by Gasteiger charge is 2.13. The summed E-state index contributed by atoms with van der Waals surface area (Å²) in [6.45, 7) is 4.23. The van der Waals surface area contributed by atoms with Gasteiger partial charge in [0, 0.05) is 11.0 Å². The van der Waals surface area contributed by atoms with E-state index in [2.05, 4.69) is 27.0 Å². The Morgan fingerprint density at radius 2 is 2.32 bits per heavy atom. The van der Waals surface area contributed by atoms with Gasteiger partial charge in [-0.15, -0.1) is 0 Å². The number of aromatic nitrogens is 2. The predicted octanol–water partition coefficient (Wildman–Crippen LogP) is 3.18. The molecule has 4 nitrogen and oxygen atoms in total. The summed E-state index contributed by atoms with van der Waals surface area (Å²) in [5.41, 5.74) is 0.590. The molecule has 0 radical (unpaired) electrons. The summed E-state index contributed by atoms with van der Waals surface area (Å²) < 4.78 is 2.46. The van der Waals surface area contributed by atoms with E-state index in [4.69, 9.17) is 5.26 Å². The van der Waals surface area contributed by atoms with E-state index in [9.17, 15) is 4.79 Å². The van der Waals surface area contributed by atoms with E-state index < -0.39 is 0 Å². The Hall–Kier alpha value is -1.32. The highest BCUT2D eigenvalue weighted by atomic mass is 79.9. The van der Waals surface area contributed by atoms with Gasteiger partial charge >= 0.3 is 0 Å². The first kappa shape index (κ1) is 14.1. The van der Waals surface area contributed by atoms with Gasteiger partial charge in [-0.3, -0.25) is 9.36 Å². The smallest absolute Gasteiger partial charge is 0.262 e.